The number of anilines is 1. The van der Waals surface area contributed by atoms with E-state index in [1.807, 2.05) is 24.3 Å². The molecule has 2 amide bonds. The van der Waals surface area contributed by atoms with Gasteiger partial charge in [0.15, 0.2) is 0 Å². The summed E-state index contributed by atoms with van der Waals surface area (Å²) in [6.07, 6.45) is 1.08. The number of nitrogens with one attached hydrogen (secondary N) is 2. The Hall–Kier alpha value is -2.53. The quantitative estimate of drug-likeness (QED) is 0.778. The third-order valence-corrected chi connectivity index (χ3v) is 4.68. The summed E-state index contributed by atoms with van der Waals surface area (Å²) in [5, 5.41) is 6.06. The van der Waals surface area contributed by atoms with Crippen LogP contribution in [0, 0.1) is 5.41 Å². The molecule has 25 heavy (non-hydrogen) atoms. The molecule has 0 saturated heterocycles. The SMILES string of the molecule is COc1ccc(CNC(=O)C2(C(=O)Nc3ccccc3Cl)CC2)cc1. The van der Waals surface area contributed by atoms with E-state index < -0.39 is 5.41 Å². The first kappa shape index (κ1) is 17.3. The molecule has 0 aliphatic heterocycles. The maximum Gasteiger partial charge on any atom is 0.240 e. The average molecular weight is 359 g/mol. The normalized spacial score (nSPS) is 14.5. The molecule has 1 saturated carbocycles. The molecule has 1 aliphatic carbocycles. The highest BCUT2D eigenvalue weighted by molar-refractivity contribution is 6.34. The predicted octanol–water partition coefficient (Wildman–Crippen LogP) is 3.38. The molecule has 0 unspecified atom stereocenters. The van der Waals surface area contributed by atoms with Crippen molar-refractivity contribution in [1.82, 2.24) is 5.32 Å². The summed E-state index contributed by atoms with van der Waals surface area (Å²) in [5.74, 6) is 0.188. The number of rotatable bonds is 6. The largest absolute Gasteiger partial charge is 0.497 e. The van der Waals surface area contributed by atoms with Gasteiger partial charge in [-0.25, -0.2) is 0 Å². The molecule has 0 aromatic heterocycles. The maximum atomic E-state index is 12.5. The van der Waals surface area contributed by atoms with E-state index in [2.05, 4.69) is 10.6 Å². The fourth-order valence-electron chi connectivity index (χ4n) is 2.58. The van der Waals surface area contributed by atoms with Gasteiger partial charge in [0.05, 0.1) is 17.8 Å². The zero-order valence-corrected chi connectivity index (χ0v) is 14.6. The molecule has 1 fully saturated rings. The zero-order chi connectivity index (χ0) is 17.9. The number of methoxy groups -OCH3 is 1. The second-order valence-corrected chi connectivity index (χ2v) is 6.45. The smallest absolute Gasteiger partial charge is 0.240 e. The first-order valence-electron chi connectivity index (χ1n) is 8.02. The minimum absolute atomic E-state index is 0.257. The van der Waals surface area contributed by atoms with Crippen molar-refractivity contribution < 1.29 is 14.3 Å². The molecule has 0 spiro atoms. The summed E-state index contributed by atoms with van der Waals surface area (Å²) in [7, 11) is 1.60. The van der Waals surface area contributed by atoms with Gasteiger partial charge in [0, 0.05) is 6.54 Å². The van der Waals surface area contributed by atoms with Crippen molar-refractivity contribution in [2.24, 2.45) is 5.41 Å². The van der Waals surface area contributed by atoms with Gasteiger partial charge in [-0.3, -0.25) is 9.59 Å². The lowest BCUT2D eigenvalue weighted by Crippen LogP contribution is -2.39. The van der Waals surface area contributed by atoms with Crippen LogP contribution in [-0.4, -0.2) is 18.9 Å². The van der Waals surface area contributed by atoms with Gasteiger partial charge in [-0.1, -0.05) is 35.9 Å². The number of carbonyl (C=O) groups is 2. The molecular formula is C19H19ClN2O3. The zero-order valence-electron chi connectivity index (χ0n) is 13.8. The standard InChI is InChI=1S/C19H19ClN2O3/c1-25-14-8-6-13(7-9-14)12-21-17(23)19(10-11-19)18(24)22-16-5-3-2-4-15(16)20/h2-9H,10-12H2,1H3,(H,21,23)(H,22,24). The summed E-state index contributed by atoms with van der Waals surface area (Å²) in [5.41, 5.74) is 0.464. The highest BCUT2D eigenvalue weighted by Gasteiger charge is 2.56. The summed E-state index contributed by atoms with van der Waals surface area (Å²) in [6, 6.07) is 14.4. The van der Waals surface area contributed by atoms with Crippen LogP contribution in [-0.2, 0) is 16.1 Å². The van der Waals surface area contributed by atoms with Crippen molar-refractivity contribution in [3.05, 3.63) is 59.1 Å². The molecule has 0 radical (unpaired) electrons. The Morgan fingerprint density at radius 3 is 2.36 bits per heavy atom. The van der Waals surface area contributed by atoms with Crippen LogP contribution in [0.1, 0.15) is 18.4 Å². The van der Waals surface area contributed by atoms with Gasteiger partial charge < -0.3 is 15.4 Å². The molecule has 2 aromatic carbocycles. The van der Waals surface area contributed by atoms with Crippen LogP contribution in [0.3, 0.4) is 0 Å². The Bertz CT molecular complexity index is 786. The molecule has 0 atom stereocenters. The Balaban J connectivity index is 1.60. The van der Waals surface area contributed by atoms with Gasteiger partial charge in [-0.05, 0) is 42.7 Å². The molecule has 2 N–H and O–H groups in total. The third kappa shape index (κ3) is 3.77. The molecule has 6 heteroatoms. The van der Waals surface area contributed by atoms with Crippen molar-refractivity contribution >= 4 is 29.1 Å². The van der Waals surface area contributed by atoms with Crippen LogP contribution in [0.25, 0.3) is 0 Å². The lowest BCUT2D eigenvalue weighted by atomic mass is 10.0. The number of amides is 2. The van der Waals surface area contributed by atoms with Crippen molar-refractivity contribution in [3.8, 4) is 5.75 Å². The molecule has 5 nitrogen and oxygen atoms in total. The van der Waals surface area contributed by atoms with E-state index in [-0.39, 0.29) is 11.8 Å². The fraction of sp³-hybridized carbons (Fsp3) is 0.263. The van der Waals surface area contributed by atoms with Crippen molar-refractivity contribution in [2.45, 2.75) is 19.4 Å². The topological polar surface area (TPSA) is 67.4 Å². The lowest BCUT2D eigenvalue weighted by molar-refractivity contribution is -0.134. The van der Waals surface area contributed by atoms with Crippen LogP contribution < -0.4 is 15.4 Å². The van der Waals surface area contributed by atoms with Crippen LogP contribution in [0.15, 0.2) is 48.5 Å². The van der Waals surface area contributed by atoms with Crippen LogP contribution >= 0.6 is 11.6 Å². The average Bonchev–Trinajstić information content (AvgIpc) is 3.44. The molecule has 130 valence electrons. The predicted molar refractivity (Wildman–Crippen MR) is 96.6 cm³/mol. The second kappa shape index (κ2) is 7.15. The van der Waals surface area contributed by atoms with Crippen molar-refractivity contribution in [3.63, 3.8) is 0 Å². The van der Waals surface area contributed by atoms with Crippen LogP contribution in [0.5, 0.6) is 5.75 Å². The van der Waals surface area contributed by atoms with Gasteiger partial charge in [-0.15, -0.1) is 0 Å². The number of halogens is 1. The molecular weight excluding hydrogens is 340 g/mol. The highest BCUT2D eigenvalue weighted by Crippen LogP contribution is 2.47. The first-order chi connectivity index (χ1) is 12.0. The summed E-state index contributed by atoms with van der Waals surface area (Å²) in [6.45, 7) is 0.365. The van der Waals surface area contributed by atoms with Gasteiger partial charge in [-0.2, -0.15) is 0 Å². The van der Waals surface area contributed by atoms with Gasteiger partial charge in [0.2, 0.25) is 11.8 Å². The summed E-state index contributed by atoms with van der Waals surface area (Å²) in [4.78, 5) is 25.0. The second-order valence-electron chi connectivity index (χ2n) is 6.05. The summed E-state index contributed by atoms with van der Waals surface area (Å²) < 4.78 is 5.11. The minimum atomic E-state index is -0.994. The monoisotopic (exact) mass is 358 g/mol. The Kier molecular flexibility index (Phi) is 4.95. The van der Waals surface area contributed by atoms with E-state index in [9.17, 15) is 9.59 Å². The number of ether oxygens (including phenoxy) is 1. The van der Waals surface area contributed by atoms with Crippen molar-refractivity contribution in [2.75, 3.05) is 12.4 Å². The highest BCUT2D eigenvalue weighted by atomic mass is 35.5. The van der Waals surface area contributed by atoms with E-state index in [0.29, 0.717) is 30.1 Å². The fourth-order valence-corrected chi connectivity index (χ4v) is 2.76. The van der Waals surface area contributed by atoms with E-state index in [4.69, 9.17) is 16.3 Å². The van der Waals surface area contributed by atoms with E-state index >= 15 is 0 Å². The Morgan fingerprint density at radius 1 is 1.08 bits per heavy atom. The van der Waals surface area contributed by atoms with Gasteiger partial charge in [0.25, 0.3) is 0 Å². The minimum Gasteiger partial charge on any atom is -0.497 e. The van der Waals surface area contributed by atoms with Gasteiger partial charge in [0.1, 0.15) is 11.2 Å². The number of benzene rings is 2. The Labute approximate surface area is 151 Å². The van der Waals surface area contributed by atoms with E-state index in [1.54, 1.807) is 31.4 Å². The number of hydrogen-bond donors (Lipinski definition) is 2. The first-order valence-corrected chi connectivity index (χ1v) is 8.40. The number of carbonyl (C=O) groups excluding carboxylic acids is 2. The molecule has 0 heterocycles. The van der Waals surface area contributed by atoms with Crippen LogP contribution in [0.4, 0.5) is 5.69 Å². The molecule has 0 bridgehead atoms. The van der Waals surface area contributed by atoms with E-state index in [1.165, 1.54) is 0 Å². The number of hydrogen-bond acceptors (Lipinski definition) is 3. The van der Waals surface area contributed by atoms with Crippen LogP contribution in [0.2, 0.25) is 5.02 Å². The number of para-hydroxylation sites is 1. The molecule has 2 aromatic rings. The lowest BCUT2D eigenvalue weighted by Gasteiger charge is -2.16. The molecule has 3 rings (SSSR count). The van der Waals surface area contributed by atoms with E-state index in [0.717, 1.165) is 11.3 Å². The molecule has 1 aliphatic rings. The Morgan fingerprint density at radius 2 is 1.76 bits per heavy atom. The van der Waals surface area contributed by atoms with Crippen molar-refractivity contribution in [1.29, 1.82) is 0 Å². The van der Waals surface area contributed by atoms with Gasteiger partial charge >= 0.3 is 0 Å². The third-order valence-electron chi connectivity index (χ3n) is 4.35. The maximum absolute atomic E-state index is 12.5. The summed E-state index contributed by atoms with van der Waals surface area (Å²) >= 11 is 6.06.